The largest absolute Gasteiger partial charge is 0.369 e. The van der Waals surface area contributed by atoms with Crippen molar-refractivity contribution in [2.24, 2.45) is 0 Å². The minimum absolute atomic E-state index is 0.00597. The Balaban J connectivity index is 1.46. The molecule has 1 atom stereocenters. The maximum Gasteiger partial charge on any atom is 0.252 e. The van der Waals surface area contributed by atoms with Crippen LogP contribution in [0.1, 0.15) is 34.5 Å². The Bertz CT molecular complexity index is 901. The molecule has 31 heavy (non-hydrogen) atoms. The first-order valence-corrected chi connectivity index (χ1v) is 11.4. The molecule has 2 aromatic rings. The zero-order valence-corrected chi connectivity index (χ0v) is 19.0. The number of likely N-dealkylation sites (N-methyl/N-ethyl adjacent to an activating group) is 1. The SMILES string of the molecule is Cc1ccc(N2CCN(C)CC2)cc1C(=O)NC(C)c1cccc(N2CCNCC2)c1. The molecule has 0 aliphatic carbocycles. The smallest absolute Gasteiger partial charge is 0.252 e. The highest BCUT2D eigenvalue weighted by Crippen LogP contribution is 2.24. The van der Waals surface area contributed by atoms with Crippen molar-refractivity contribution in [2.45, 2.75) is 19.9 Å². The van der Waals surface area contributed by atoms with Crippen molar-refractivity contribution in [3.8, 4) is 0 Å². The second-order valence-corrected chi connectivity index (χ2v) is 8.82. The first kappa shape index (κ1) is 21.7. The van der Waals surface area contributed by atoms with Crippen LogP contribution in [0.3, 0.4) is 0 Å². The van der Waals surface area contributed by atoms with E-state index in [4.69, 9.17) is 0 Å². The minimum atomic E-state index is -0.0537. The summed E-state index contributed by atoms with van der Waals surface area (Å²) in [5.74, 6) is -0.00597. The normalized spacial score (nSPS) is 18.7. The molecule has 2 heterocycles. The van der Waals surface area contributed by atoms with Crippen molar-refractivity contribution in [3.63, 3.8) is 0 Å². The first-order chi connectivity index (χ1) is 15.0. The number of carbonyl (C=O) groups excluding carboxylic acids is 1. The Hall–Kier alpha value is -2.57. The standard InChI is InChI=1S/C25H35N5O/c1-19-7-8-23(30-15-13-28(3)14-16-30)18-24(19)25(31)27-20(2)21-5-4-6-22(17-21)29-11-9-26-10-12-29/h4-8,17-18,20,26H,9-16H2,1-3H3,(H,27,31). The van der Waals surface area contributed by atoms with Crippen molar-refractivity contribution in [2.75, 3.05) is 69.2 Å². The Labute approximate surface area is 186 Å². The Morgan fingerprint density at radius 3 is 2.35 bits per heavy atom. The fourth-order valence-electron chi connectivity index (χ4n) is 4.39. The number of nitrogens with one attached hydrogen (secondary N) is 2. The van der Waals surface area contributed by atoms with Crippen LogP contribution in [0.4, 0.5) is 11.4 Å². The van der Waals surface area contributed by atoms with Gasteiger partial charge in [-0.2, -0.15) is 0 Å². The topological polar surface area (TPSA) is 50.9 Å². The van der Waals surface area contributed by atoms with Crippen molar-refractivity contribution in [3.05, 3.63) is 59.2 Å². The molecule has 2 aromatic carbocycles. The summed E-state index contributed by atoms with van der Waals surface area (Å²) in [5, 5.41) is 6.62. The van der Waals surface area contributed by atoms with Crippen LogP contribution in [0.15, 0.2) is 42.5 Å². The van der Waals surface area contributed by atoms with Crippen LogP contribution < -0.4 is 20.4 Å². The van der Waals surface area contributed by atoms with Crippen LogP contribution in [0.2, 0.25) is 0 Å². The average molecular weight is 422 g/mol. The maximum absolute atomic E-state index is 13.2. The second-order valence-electron chi connectivity index (χ2n) is 8.82. The number of piperazine rings is 2. The van der Waals surface area contributed by atoms with Crippen LogP contribution in [-0.4, -0.2) is 70.2 Å². The van der Waals surface area contributed by atoms with E-state index in [0.29, 0.717) is 0 Å². The molecule has 1 unspecified atom stereocenters. The molecule has 0 radical (unpaired) electrons. The molecule has 6 heteroatoms. The number of anilines is 2. The van der Waals surface area contributed by atoms with E-state index in [1.165, 1.54) is 5.69 Å². The first-order valence-electron chi connectivity index (χ1n) is 11.4. The number of benzene rings is 2. The van der Waals surface area contributed by atoms with Crippen molar-refractivity contribution >= 4 is 17.3 Å². The van der Waals surface area contributed by atoms with Crippen LogP contribution in [-0.2, 0) is 0 Å². The molecule has 6 nitrogen and oxygen atoms in total. The second kappa shape index (κ2) is 9.71. The molecule has 0 spiro atoms. The maximum atomic E-state index is 13.2. The molecule has 4 rings (SSSR count). The molecule has 2 fully saturated rings. The predicted octanol–water partition coefficient (Wildman–Crippen LogP) is 2.65. The Morgan fingerprint density at radius 2 is 1.61 bits per heavy atom. The number of nitrogens with zero attached hydrogens (tertiary/aromatic N) is 3. The number of rotatable bonds is 5. The van der Waals surface area contributed by atoms with Gasteiger partial charge in [-0.15, -0.1) is 0 Å². The van der Waals surface area contributed by atoms with E-state index in [2.05, 4.69) is 81.8 Å². The van der Waals surface area contributed by atoms with E-state index < -0.39 is 0 Å². The summed E-state index contributed by atoms with van der Waals surface area (Å²) < 4.78 is 0. The molecular formula is C25H35N5O. The fraction of sp³-hybridized carbons (Fsp3) is 0.480. The summed E-state index contributed by atoms with van der Waals surface area (Å²) in [4.78, 5) is 20.3. The van der Waals surface area contributed by atoms with Gasteiger partial charge in [0.15, 0.2) is 0 Å². The molecule has 2 aliphatic rings. The Kier molecular flexibility index (Phi) is 6.78. The van der Waals surface area contributed by atoms with Gasteiger partial charge in [-0.1, -0.05) is 18.2 Å². The summed E-state index contributed by atoms with van der Waals surface area (Å²) in [5.41, 5.74) is 5.28. The van der Waals surface area contributed by atoms with E-state index in [1.807, 2.05) is 6.92 Å². The van der Waals surface area contributed by atoms with E-state index in [-0.39, 0.29) is 11.9 Å². The van der Waals surface area contributed by atoms with Crippen molar-refractivity contribution < 1.29 is 4.79 Å². The van der Waals surface area contributed by atoms with E-state index >= 15 is 0 Å². The molecule has 2 aliphatic heterocycles. The molecule has 1 amide bonds. The number of hydrogen-bond acceptors (Lipinski definition) is 5. The Morgan fingerprint density at radius 1 is 0.935 bits per heavy atom. The highest BCUT2D eigenvalue weighted by molar-refractivity contribution is 5.96. The van der Waals surface area contributed by atoms with Gasteiger partial charge in [0, 0.05) is 69.3 Å². The highest BCUT2D eigenvalue weighted by atomic mass is 16.1. The zero-order valence-electron chi connectivity index (χ0n) is 19.0. The summed E-state index contributed by atoms with van der Waals surface area (Å²) >= 11 is 0. The van der Waals surface area contributed by atoms with Crippen molar-refractivity contribution in [1.82, 2.24) is 15.5 Å². The number of carbonyl (C=O) groups is 1. The van der Waals surface area contributed by atoms with Crippen LogP contribution >= 0.6 is 0 Å². The van der Waals surface area contributed by atoms with Gasteiger partial charge >= 0.3 is 0 Å². The zero-order chi connectivity index (χ0) is 21.8. The van der Waals surface area contributed by atoms with Gasteiger partial charge in [0.2, 0.25) is 0 Å². The molecule has 0 saturated carbocycles. The van der Waals surface area contributed by atoms with Gasteiger partial charge in [-0.05, 0) is 56.3 Å². The molecule has 2 saturated heterocycles. The third-order valence-corrected chi connectivity index (χ3v) is 6.53. The minimum Gasteiger partial charge on any atom is -0.369 e. The van der Waals surface area contributed by atoms with Gasteiger partial charge in [-0.25, -0.2) is 0 Å². The van der Waals surface area contributed by atoms with Gasteiger partial charge in [0.25, 0.3) is 5.91 Å². The molecule has 0 bridgehead atoms. The van der Waals surface area contributed by atoms with E-state index in [9.17, 15) is 4.79 Å². The molecular weight excluding hydrogens is 386 g/mol. The van der Waals surface area contributed by atoms with Gasteiger partial charge in [0.05, 0.1) is 6.04 Å². The predicted molar refractivity (Wildman–Crippen MR) is 128 cm³/mol. The summed E-state index contributed by atoms with van der Waals surface area (Å²) in [6, 6.07) is 14.8. The van der Waals surface area contributed by atoms with Crippen LogP contribution in [0, 0.1) is 6.92 Å². The average Bonchev–Trinajstić information content (AvgIpc) is 2.80. The van der Waals surface area contributed by atoms with Gasteiger partial charge in [0.1, 0.15) is 0 Å². The quantitative estimate of drug-likeness (QED) is 0.777. The summed E-state index contributed by atoms with van der Waals surface area (Å²) in [7, 11) is 2.16. The third-order valence-electron chi connectivity index (χ3n) is 6.53. The summed E-state index contributed by atoms with van der Waals surface area (Å²) in [6.45, 7) is 12.2. The number of aryl methyl sites for hydroxylation is 1. The monoisotopic (exact) mass is 421 g/mol. The molecule has 0 aromatic heterocycles. The van der Waals surface area contributed by atoms with Gasteiger partial charge in [-0.3, -0.25) is 4.79 Å². The number of amides is 1. The van der Waals surface area contributed by atoms with Crippen molar-refractivity contribution in [1.29, 1.82) is 0 Å². The lowest BCUT2D eigenvalue weighted by molar-refractivity contribution is 0.0939. The van der Waals surface area contributed by atoms with Gasteiger partial charge < -0.3 is 25.3 Å². The van der Waals surface area contributed by atoms with Crippen LogP contribution in [0.25, 0.3) is 0 Å². The molecule has 2 N–H and O–H groups in total. The lowest BCUT2D eigenvalue weighted by atomic mass is 10.0. The molecule has 166 valence electrons. The van der Waals surface area contributed by atoms with E-state index in [0.717, 1.165) is 74.7 Å². The third kappa shape index (κ3) is 5.20. The summed E-state index contributed by atoms with van der Waals surface area (Å²) in [6.07, 6.45) is 0. The number of hydrogen-bond donors (Lipinski definition) is 2. The lowest BCUT2D eigenvalue weighted by Gasteiger charge is -2.34. The van der Waals surface area contributed by atoms with E-state index in [1.54, 1.807) is 0 Å². The highest BCUT2D eigenvalue weighted by Gasteiger charge is 2.19. The lowest BCUT2D eigenvalue weighted by Crippen LogP contribution is -2.44. The fourth-order valence-corrected chi connectivity index (χ4v) is 4.39. The van der Waals surface area contributed by atoms with Crippen LogP contribution in [0.5, 0.6) is 0 Å².